The molecule has 0 radical (unpaired) electrons. The van der Waals surface area contributed by atoms with Crippen molar-refractivity contribution in [1.29, 1.82) is 0 Å². The minimum atomic E-state index is -0.459. The average molecular weight is 466 g/mol. The number of ether oxygens (including phenoxy) is 1. The topological polar surface area (TPSA) is 64.7 Å². The number of carbonyl (C=O) groups is 1. The number of nitrogens with zero attached hydrogens (tertiary/aromatic N) is 5. The van der Waals surface area contributed by atoms with E-state index in [4.69, 9.17) is 9.72 Å². The van der Waals surface area contributed by atoms with Gasteiger partial charge in [-0.3, -0.25) is 9.08 Å². The second kappa shape index (κ2) is 8.17. The first kappa shape index (κ1) is 21.9. The summed E-state index contributed by atoms with van der Waals surface area (Å²) in [5, 5.41) is 5.84. The molecule has 0 atom stereocenters. The Kier molecular flexibility index (Phi) is 5.43. The third-order valence-electron chi connectivity index (χ3n) is 6.19. The molecule has 5 rings (SSSR count). The maximum absolute atomic E-state index is 12.3. The van der Waals surface area contributed by atoms with Crippen molar-refractivity contribution < 1.29 is 9.53 Å². The van der Waals surface area contributed by atoms with Gasteiger partial charge in [-0.05, 0) is 70.7 Å². The van der Waals surface area contributed by atoms with Crippen LogP contribution in [-0.4, -0.2) is 48.8 Å². The Hall–Kier alpha value is -2.87. The van der Waals surface area contributed by atoms with Gasteiger partial charge in [-0.2, -0.15) is 5.10 Å². The zero-order valence-electron chi connectivity index (χ0n) is 20.0. The van der Waals surface area contributed by atoms with Crippen molar-refractivity contribution >= 4 is 33.3 Å². The molecule has 0 spiro atoms. The van der Waals surface area contributed by atoms with E-state index >= 15 is 0 Å². The van der Waals surface area contributed by atoms with Gasteiger partial charge in [0.2, 0.25) is 0 Å². The summed E-state index contributed by atoms with van der Waals surface area (Å²) >= 11 is 1.72. The molecule has 0 N–H and O–H groups in total. The van der Waals surface area contributed by atoms with Crippen LogP contribution in [0.15, 0.2) is 30.7 Å². The Labute approximate surface area is 198 Å². The lowest BCUT2D eigenvalue weighted by atomic mass is 9.94. The molecule has 1 aliphatic heterocycles. The summed E-state index contributed by atoms with van der Waals surface area (Å²) in [6.45, 7) is 12.2. The van der Waals surface area contributed by atoms with E-state index in [0.29, 0.717) is 19.0 Å². The molecular weight excluding hydrogens is 434 g/mol. The molecule has 1 amide bonds. The molecule has 33 heavy (non-hydrogen) atoms. The molecule has 0 aliphatic carbocycles. The number of aryl methyl sites for hydroxylation is 2. The summed E-state index contributed by atoms with van der Waals surface area (Å²) in [5.74, 6) is 0.373. The minimum Gasteiger partial charge on any atom is -0.444 e. The summed E-state index contributed by atoms with van der Waals surface area (Å²) < 4.78 is 9.65. The Morgan fingerprint density at radius 1 is 1.18 bits per heavy atom. The van der Waals surface area contributed by atoms with Crippen molar-refractivity contribution in [2.45, 2.75) is 65.5 Å². The van der Waals surface area contributed by atoms with E-state index in [1.165, 1.54) is 21.4 Å². The number of imidazole rings is 1. The zero-order valence-corrected chi connectivity index (χ0v) is 20.8. The Morgan fingerprint density at radius 3 is 2.61 bits per heavy atom. The van der Waals surface area contributed by atoms with Crippen molar-refractivity contribution in [2.24, 2.45) is 0 Å². The first-order valence-corrected chi connectivity index (χ1v) is 12.5. The molecule has 8 heteroatoms. The Morgan fingerprint density at radius 2 is 1.94 bits per heavy atom. The second-order valence-electron chi connectivity index (χ2n) is 9.91. The lowest BCUT2D eigenvalue weighted by Gasteiger charge is -2.32. The van der Waals surface area contributed by atoms with Gasteiger partial charge in [-0.25, -0.2) is 9.78 Å². The molecule has 174 valence electrons. The minimum absolute atomic E-state index is 0.215. The van der Waals surface area contributed by atoms with Crippen molar-refractivity contribution in [2.75, 3.05) is 13.1 Å². The van der Waals surface area contributed by atoms with Crippen LogP contribution in [0.5, 0.6) is 0 Å². The highest BCUT2D eigenvalue weighted by Crippen LogP contribution is 2.34. The predicted octanol–water partition coefficient (Wildman–Crippen LogP) is 5.86. The van der Waals surface area contributed by atoms with Gasteiger partial charge in [0.25, 0.3) is 0 Å². The fraction of sp³-hybridized carbons (Fsp3) is 0.480. The Balaban J connectivity index is 1.31. The van der Waals surface area contributed by atoms with Gasteiger partial charge in [0.05, 0.1) is 16.1 Å². The summed E-state index contributed by atoms with van der Waals surface area (Å²) in [5.41, 5.74) is 4.13. The fourth-order valence-corrected chi connectivity index (χ4v) is 5.45. The van der Waals surface area contributed by atoms with E-state index in [9.17, 15) is 4.79 Å². The predicted molar refractivity (Wildman–Crippen MR) is 132 cm³/mol. The van der Waals surface area contributed by atoms with Gasteiger partial charge in [-0.15, -0.1) is 0 Å². The molecule has 1 fully saturated rings. The number of aromatic nitrogens is 4. The Bertz CT molecular complexity index is 1290. The van der Waals surface area contributed by atoms with Crippen LogP contribution in [0, 0.1) is 6.92 Å². The highest BCUT2D eigenvalue weighted by molar-refractivity contribution is 7.20. The first-order chi connectivity index (χ1) is 15.7. The van der Waals surface area contributed by atoms with E-state index in [2.05, 4.69) is 54.1 Å². The quantitative estimate of drug-likeness (QED) is 0.380. The van der Waals surface area contributed by atoms with Gasteiger partial charge in [0.15, 0.2) is 4.96 Å². The summed E-state index contributed by atoms with van der Waals surface area (Å²) in [6, 6.07) is 4.44. The van der Waals surface area contributed by atoms with Gasteiger partial charge in [0, 0.05) is 49.5 Å². The largest absolute Gasteiger partial charge is 0.444 e. The molecule has 0 unspecified atom stereocenters. The number of likely N-dealkylation sites (tertiary alicyclic amines) is 1. The number of carbonyl (C=O) groups excluding carboxylic acids is 1. The second-order valence-corrected chi connectivity index (χ2v) is 10.9. The molecule has 7 nitrogen and oxygen atoms in total. The smallest absolute Gasteiger partial charge is 0.410 e. The number of fused-ring (bicyclic) bond motifs is 2. The van der Waals surface area contributed by atoms with Crippen LogP contribution in [0.1, 0.15) is 57.7 Å². The third kappa shape index (κ3) is 4.36. The molecule has 3 aromatic heterocycles. The molecule has 1 aliphatic rings. The molecule has 1 saturated heterocycles. The van der Waals surface area contributed by atoms with Crippen LogP contribution in [0.3, 0.4) is 0 Å². The number of benzene rings is 1. The van der Waals surface area contributed by atoms with E-state index in [0.717, 1.165) is 35.6 Å². The molecular formula is C25H31N5O2S. The molecule has 0 bridgehead atoms. The van der Waals surface area contributed by atoms with Crippen LogP contribution in [-0.2, 0) is 11.3 Å². The van der Waals surface area contributed by atoms with E-state index in [1.807, 2.05) is 30.4 Å². The number of thiazole rings is 1. The number of rotatable bonds is 3. The van der Waals surface area contributed by atoms with Crippen molar-refractivity contribution in [1.82, 2.24) is 24.1 Å². The lowest BCUT2D eigenvalue weighted by molar-refractivity contribution is 0.0204. The summed E-state index contributed by atoms with van der Waals surface area (Å²) in [6.07, 6.45) is 8.06. The van der Waals surface area contributed by atoms with Crippen LogP contribution in [0.2, 0.25) is 0 Å². The zero-order chi connectivity index (χ0) is 23.3. The van der Waals surface area contributed by atoms with E-state index in [-0.39, 0.29) is 6.09 Å². The van der Waals surface area contributed by atoms with Crippen LogP contribution >= 0.6 is 11.3 Å². The molecule has 0 saturated carbocycles. The molecule has 1 aromatic carbocycles. The number of piperidine rings is 1. The van der Waals surface area contributed by atoms with E-state index < -0.39 is 5.60 Å². The SMILES string of the molecule is CCn1cc2cc(-c3cn4cc(C5CCN(C(=O)OC(C)(C)C)CC5)nc4s3)cc(C)c2n1. The van der Waals surface area contributed by atoms with E-state index in [1.54, 1.807) is 11.3 Å². The van der Waals surface area contributed by atoms with Gasteiger partial charge < -0.3 is 9.64 Å². The summed E-state index contributed by atoms with van der Waals surface area (Å²) in [7, 11) is 0. The highest BCUT2D eigenvalue weighted by Gasteiger charge is 2.28. The van der Waals surface area contributed by atoms with Crippen molar-refractivity contribution in [3.8, 4) is 10.4 Å². The third-order valence-corrected chi connectivity index (χ3v) is 7.24. The normalized spacial score (nSPS) is 15.6. The maximum Gasteiger partial charge on any atom is 0.410 e. The van der Waals surface area contributed by atoms with Crippen LogP contribution in [0.25, 0.3) is 26.3 Å². The standard InChI is InChI=1S/C25H31N5O2S/c1-6-30-13-19-12-18(11-16(2)22(19)27-30)21-15-29-14-20(26-23(29)33-21)17-7-9-28(10-8-17)24(31)32-25(3,4)5/h11-15,17H,6-10H2,1-5H3. The first-order valence-electron chi connectivity index (χ1n) is 11.6. The van der Waals surface area contributed by atoms with Crippen LogP contribution in [0.4, 0.5) is 4.79 Å². The van der Waals surface area contributed by atoms with Crippen LogP contribution < -0.4 is 0 Å². The number of hydrogen-bond donors (Lipinski definition) is 0. The molecule has 4 heterocycles. The van der Waals surface area contributed by atoms with Crippen molar-refractivity contribution in [3.05, 3.63) is 42.0 Å². The lowest BCUT2D eigenvalue weighted by Crippen LogP contribution is -2.41. The van der Waals surface area contributed by atoms with Crippen molar-refractivity contribution in [3.63, 3.8) is 0 Å². The monoisotopic (exact) mass is 465 g/mol. The van der Waals surface area contributed by atoms with Gasteiger partial charge in [0.1, 0.15) is 5.60 Å². The highest BCUT2D eigenvalue weighted by atomic mass is 32.1. The summed E-state index contributed by atoms with van der Waals surface area (Å²) in [4.78, 5) is 21.3. The van der Waals surface area contributed by atoms with Gasteiger partial charge >= 0.3 is 6.09 Å². The van der Waals surface area contributed by atoms with Gasteiger partial charge in [-0.1, -0.05) is 11.3 Å². The fourth-order valence-electron chi connectivity index (χ4n) is 4.49. The average Bonchev–Trinajstić information content (AvgIpc) is 3.45. The maximum atomic E-state index is 12.3. The number of amides is 1. The number of hydrogen-bond acceptors (Lipinski definition) is 5. The molecule has 4 aromatic rings.